The minimum absolute atomic E-state index is 0.0690. The average molecular weight is 283 g/mol. The van der Waals surface area contributed by atoms with E-state index >= 15 is 0 Å². The number of hydrogen-bond acceptors (Lipinski definition) is 3. The van der Waals surface area contributed by atoms with Crippen LogP contribution in [0, 0.1) is 5.82 Å². The first-order chi connectivity index (χ1) is 9.02. The molecule has 0 aliphatic heterocycles. The number of aromatic nitrogens is 2. The van der Waals surface area contributed by atoms with Gasteiger partial charge < -0.3 is 11.1 Å². The number of halogens is 2. The fourth-order valence-electron chi connectivity index (χ4n) is 1.88. The van der Waals surface area contributed by atoms with Gasteiger partial charge in [-0.05, 0) is 24.6 Å². The summed E-state index contributed by atoms with van der Waals surface area (Å²) in [4.78, 5) is 0. The predicted octanol–water partition coefficient (Wildman–Crippen LogP) is 3.49. The van der Waals surface area contributed by atoms with Crippen molar-refractivity contribution in [1.29, 1.82) is 0 Å². The van der Waals surface area contributed by atoms with Crippen molar-refractivity contribution in [2.24, 2.45) is 7.05 Å². The monoisotopic (exact) mass is 282 g/mol. The molecule has 102 valence electrons. The highest BCUT2D eigenvalue weighted by Gasteiger charge is 2.13. The topological polar surface area (TPSA) is 55.9 Å². The van der Waals surface area contributed by atoms with Gasteiger partial charge in [0.15, 0.2) is 5.82 Å². The molecule has 1 heterocycles. The molecule has 0 spiro atoms. The molecule has 3 N–H and O–H groups in total. The molecule has 0 aliphatic rings. The number of aryl methyl sites for hydroxylation is 2. The molecule has 2 aromatic rings. The lowest BCUT2D eigenvalue weighted by Crippen LogP contribution is -2.01. The summed E-state index contributed by atoms with van der Waals surface area (Å²) in [7, 11) is 1.81. The van der Waals surface area contributed by atoms with Crippen LogP contribution in [0.3, 0.4) is 0 Å². The third-order valence-corrected chi connectivity index (χ3v) is 3.12. The number of nitrogens with one attached hydrogen (secondary N) is 1. The molecule has 0 saturated carbocycles. The molecular formula is C13H16ClFN4. The Bertz CT molecular complexity index is 595. The predicted molar refractivity (Wildman–Crippen MR) is 76.3 cm³/mol. The van der Waals surface area contributed by atoms with Crippen molar-refractivity contribution in [2.75, 3.05) is 11.1 Å². The third-order valence-electron chi connectivity index (χ3n) is 2.83. The highest BCUT2D eigenvalue weighted by atomic mass is 35.5. The van der Waals surface area contributed by atoms with Crippen LogP contribution < -0.4 is 11.1 Å². The number of hydrogen-bond donors (Lipinski definition) is 2. The first-order valence-electron chi connectivity index (χ1n) is 6.06. The highest BCUT2D eigenvalue weighted by molar-refractivity contribution is 6.31. The Hall–Kier alpha value is -1.75. The summed E-state index contributed by atoms with van der Waals surface area (Å²) in [6.07, 6.45) is 1.80. The molecule has 0 radical (unpaired) electrons. The maximum atomic E-state index is 13.1. The van der Waals surface area contributed by atoms with Gasteiger partial charge in [0.05, 0.1) is 16.4 Å². The number of nitrogens with two attached hydrogens (primary N) is 1. The van der Waals surface area contributed by atoms with E-state index in [1.165, 1.54) is 12.1 Å². The van der Waals surface area contributed by atoms with E-state index in [1.807, 2.05) is 7.05 Å². The standard InChI is InChI=1S/C13H16ClFN4/c1-3-4-11-12(16)13(19(2)18-11)17-8-5-6-10(15)9(14)7-8/h5-7,17H,3-4,16H2,1-2H3. The number of nitrogens with zero attached hydrogens (tertiary/aromatic N) is 2. The van der Waals surface area contributed by atoms with Crippen LogP contribution in [0.15, 0.2) is 18.2 Å². The smallest absolute Gasteiger partial charge is 0.152 e. The van der Waals surface area contributed by atoms with Crippen molar-refractivity contribution in [3.8, 4) is 0 Å². The van der Waals surface area contributed by atoms with Gasteiger partial charge in [-0.3, -0.25) is 4.68 Å². The fraction of sp³-hybridized carbons (Fsp3) is 0.308. The van der Waals surface area contributed by atoms with Gasteiger partial charge in [-0.1, -0.05) is 24.9 Å². The normalized spacial score (nSPS) is 10.7. The van der Waals surface area contributed by atoms with Crippen LogP contribution in [0.4, 0.5) is 21.6 Å². The highest BCUT2D eigenvalue weighted by Crippen LogP contribution is 2.28. The van der Waals surface area contributed by atoms with E-state index in [0.717, 1.165) is 18.5 Å². The van der Waals surface area contributed by atoms with Crippen LogP contribution in [0.1, 0.15) is 19.0 Å². The lowest BCUT2D eigenvalue weighted by atomic mass is 10.2. The molecular weight excluding hydrogens is 267 g/mol. The van der Waals surface area contributed by atoms with Gasteiger partial charge in [-0.2, -0.15) is 5.10 Å². The van der Waals surface area contributed by atoms with Gasteiger partial charge in [0.1, 0.15) is 5.82 Å². The van der Waals surface area contributed by atoms with Crippen molar-refractivity contribution < 1.29 is 4.39 Å². The molecule has 0 atom stereocenters. The molecule has 1 aromatic carbocycles. The minimum Gasteiger partial charge on any atom is -0.394 e. The Morgan fingerprint density at radius 2 is 2.21 bits per heavy atom. The van der Waals surface area contributed by atoms with Crippen LogP contribution in [-0.4, -0.2) is 9.78 Å². The second-order valence-electron chi connectivity index (χ2n) is 4.34. The van der Waals surface area contributed by atoms with E-state index < -0.39 is 5.82 Å². The van der Waals surface area contributed by atoms with Gasteiger partial charge in [0.2, 0.25) is 0 Å². The number of rotatable bonds is 4. The van der Waals surface area contributed by atoms with E-state index in [9.17, 15) is 4.39 Å². The molecule has 4 nitrogen and oxygen atoms in total. The minimum atomic E-state index is -0.447. The summed E-state index contributed by atoms with van der Waals surface area (Å²) < 4.78 is 14.8. The number of nitrogen functional groups attached to an aromatic ring is 1. The Labute approximate surface area is 116 Å². The van der Waals surface area contributed by atoms with Gasteiger partial charge in [0.25, 0.3) is 0 Å². The van der Waals surface area contributed by atoms with E-state index in [-0.39, 0.29) is 5.02 Å². The molecule has 0 fully saturated rings. The van der Waals surface area contributed by atoms with Crippen LogP contribution in [0.2, 0.25) is 5.02 Å². The van der Waals surface area contributed by atoms with Crippen molar-refractivity contribution in [2.45, 2.75) is 19.8 Å². The molecule has 0 amide bonds. The van der Waals surface area contributed by atoms with Crippen LogP contribution in [0.25, 0.3) is 0 Å². The fourth-order valence-corrected chi connectivity index (χ4v) is 2.06. The van der Waals surface area contributed by atoms with Crippen molar-refractivity contribution in [3.05, 3.63) is 34.7 Å². The van der Waals surface area contributed by atoms with E-state index in [2.05, 4.69) is 17.3 Å². The second kappa shape index (κ2) is 5.48. The van der Waals surface area contributed by atoms with Gasteiger partial charge in [-0.25, -0.2) is 4.39 Å². The zero-order chi connectivity index (χ0) is 14.0. The molecule has 19 heavy (non-hydrogen) atoms. The summed E-state index contributed by atoms with van der Waals surface area (Å²) >= 11 is 5.75. The summed E-state index contributed by atoms with van der Waals surface area (Å²) in [5, 5.41) is 7.54. The quantitative estimate of drug-likeness (QED) is 0.902. The summed E-state index contributed by atoms with van der Waals surface area (Å²) in [6, 6.07) is 4.43. The maximum Gasteiger partial charge on any atom is 0.152 e. The Kier molecular flexibility index (Phi) is 3.95. The van der Waals surface area contributed by atoms with Crippen LogP contribution in [-0.2, 0) is 13.5 Å². The first-order valence-corrected chi connectivity index (χ1v) is 6.44. The first kappa shape index (κ1) is 13.7. The Morgan fingerprint density at radius 3 is 2.84 bits per heavy atom. The third kappa shape index (κ3) is 2.81. The summed E-state index contributed by atoms with van der Waals surface area (Å²) in [6.45, 7) is 2.07. The molecule has 0 bridgehead atoms. The summed E-state index contributed by atoms with van der Waals surface area (Å²) in [5.41, 5.74) is 8.20. The molecule has 2 rings (SSSR count). The summed E-state index contributed by atoms with van der Waals surface area (Å²) in [5.74, 6) is 0.239. The molecule has 0 unspecified atom stereocenters. The van der Waals surface area contributed by atoms with E-state index in [1.54, 1.807) is 10.7 Å². The molecule has 1 aromatic heterocycles. The Morgan fingerprint density at radius 1 is 1.47 bits per heavy atom. The van der Waals surface area contributed by atoms with Gasteiger partial charge in [0, 0.05) is 12.7 Å². The van der Waals surface area contributed by atoms with Crippen LogP contribution in [0.5, 0.6) is 0 Å². The maximum absolute atomic E-state index is 13.1. The second-order valence-corrected chi connectivity index (χ2v) is 4.74. The molecule has 6 heteroatoms. The van der Waals surface area contributed by atoms with Gasteiger partial charge in [-0.15, -0.1) is 0 Å². The number of anilines is 3. The lowest BCUT2D eigenvalue weighted by molar-refractivity contribution is 0.628. The lowest BCUT2D eigenvalue weighted by Gasteiger charge is -2.08. The molecule has 0 saturated heterocycles. The zero-order valence-electron chi connectivity index (χ0n) is 10.9. The largest absolute Gasteiger partial charge is 0.394 e. The van der Waals surface area contributed by atoms with E-state index in [4.69, 9.17) is 17.3 Å². The van der Waals surface area contributed by atoms with Crippen molar-refractivity contribution in [1.82, 2.24) is 9.78 Å². The molecule has 0 aliphatic carbocycles. The van der Waals surface area contributed by atoms with Crippen LogP contribution >= 0.6 is 11.6 Å². The average Bonchev–Trinajstić information content (AvgIpc) is 2.62. The van der Waals surface area contributed by atoms with Crippen molar-refractivity contribution >= 4 is 28.8 Å². The SMILES string of the molecule is CCCc1nn(C)c(Nc2ccc(F)c(Cl)c2)c1N. The Balaban J connectivity index is 2.30. The van der Waals surface area contributed by atoms with Crippen molar-refractivity contribution in [3.63, 3.8) is 0 Å². The van der Waals surface area contributed by atoms with E-state index in [0.29, 0.717) is 17.2 Å². The number of benzene rings is 1. The van der Waals surface area contributed by atoms with Gasteiger partial charge >= 0.3 is 0 Å². The zero-order valence-corrected chi connectivity index (χ0v) is 11.6.